The van der Waals surface area contributed by atoms with Crippen molar-refractivity contribution in [1.82, 2.24) is 30.3 Å². The second kappa shape index (κ2) is 7.25. The number of rotatable bonds is 6. The summed E-state index contributed by atoms with van der Waals surface area (Å²) < 4.78 is 1.18. The first-order chi connectivity index (χ1) is 12.1. The summed E-state index contributed by atoms with van der Waals surface area (Å²) in [6.07, 6.45) is 3.94. The fourth-order valence-electron chi connectivity index (χ4n) is 2.73. The van der Waals surface area contributed by atoms with Gasteiger partial charge in [0.25, 0.3) is 5.56 Å². The van der Waals surface area contributed by atoms with E-state index in [1.54, 1.807) is 36.8 Å². The molecule has 0 saturated heterocycles. The van der Waals surface area contributed by atoms with Crippen LogP contribution < -0.4 is 10.9 Å². The van der Waals surface area contributed by atoms with Crippen molar-refractivity contribution in [2.45, 2.75) is 26.3 Å². The fraction of sp³-hybridized carbons (Fsp3) is 0.353. The molecule has 0 aliphatic heterocycles. The van der Waals surface area contributed by atoms with E-state index in [1.165, 1.54) is 4.68 Å². The first-order valence-electron chi connectivity index (χ1n) is 8.17. The van der Waals surface area contributed by atoms with Crippen LogP contribution >= 0.6 is 0 Å². The van der Waals surface area contributed by atoms with Gasteiger partial charge in [0.15, 0.2) is 0 Å². The van der Waals surface area contributed by atoms with Crippen LogP contribution in [0.5, 0.6) is 0 Å². The smallest absolute Gasteiger partial charge is 0.278 e. The van der Waals surface area contributed by atoms with Gasteiger partial charge in [-0.2, -0.15) is 4.68 Å². The molecule has 2 aromatic heterocycles. The van der Waals surface area contributed by atoms with Crippen molar-refractivity contribution in [3.05, 3.63) is 52.8 Å². The molecule has 0 aliphatic rings. The zero-order valence-electron chi connectivity index (χ0n) is 14.1. The molecule has 2 N–H and O–H groups in total. The standard InChI is InChI=1S/C17H20N6O2/c1-11(2)15(16(24)19-8-7-12-9-18-10-20-12)23-17(25)13-5-3-4-6-14(13)21-22-23/h3-6,9-11,15H,7-8H2,1-2H3,(H,18,20)(H,19,24). The van der Waals surface area contributed by atoms with Gasteiger partial charge in [0.05, 0.1) is 11.7 Å². The molecule has 0 aliphatic carbocycles. The first kappa shape index (κ1) is 16.8. The van der Waals surface area contributed by atoms with E-state index in [0.717, 1.165) is 5.69 Å². The SMILES string of the molecule is CC(C)C(C(=O)NCCc1cnc[nH]1)n1nnc2ccccc2c1=O. The Morgan fingerprint density at radius 3 is 2.84 bits per heavy atom. The molecule has 3 rings (SSSR count). The number of H-pyrrole nitrogens is 1. The molecule has 8 nitrogen and oxygen atoms in total. The summed E-state index contributed by atoms with van der Waals surface area (Å²) in [5.74, 6) is -0.360. The van der Waals surface area contributed by atoms with Crippen LogP contribution in [0.2, 0.25) is 0 Å². The van der Waals surface area contributed by atoms with Crippen LogP contribution in [0.15, 0.2) is 41.6 Å². The van der Waals surface area contributed by atoms with Gasteiger partial charge in [0, 0.05) is 24.9 Å². The summed E-state index contributed by atoms with van der Waals surface area (Å²) in [7, 11) is 0. The van der Waals surface area contributed by atoms with Crippen molar-refractivity contribution in [3.63, 3.8) is 0 Å². The predicted molar refractivity (Wildman–Crippen MR) is 93.0 cm³/mol. The number of imidazole rings is 1. The number of amides is 1. The summed E-state index contributed by atoms with van der Waals surface area (Å²) in [6.45, 7) is 4.20. The van der Waals surface area contributed by atoms with Gasteiger partial charge in [-0.3, -0.25) is 9.59 Å². The lowest BCUT2D eigenvalue weighted by atomic mass is 10.0. The zero-order chi connectivity index (χ0) is 17.8. The van der Waals surface area contributed by atoms with E-state index >= 15 is 0 Å². The number of nitrogens with zero attached hydrogens (tertiary/aromatic N) is 4. The molecule has 0 bridgehead atoms. The summed E-state index contributed by atoms with van der Waals surface area (Å²) in [5, 5.41) is 11.4. The molecule has 0 spiro atoms. The Hall–Kier alpha value is -3.03. The molecule has 3 aromatic rings. The Kier molecular flexibility index (Phi) is 4.87. The van der Waals surface area contributed by atoms with Crippen LogP contribution in [0, 0.1) is 5.92 Å². The van der Waals surface area contributed by atoms with Crippen LogP contribution in [-0.2, 0) is 11.2 Å². The largest absolute Gasteiger partial charge is 0.354 e. The summed E-state index contributed by atoms with van der Waals surface area (Å²) in [4.78, 5) is 32.3. The van der Waals surface area contributed by atoms with Gasteiger partial charge < -0.3 is 10.3 Å². The highest BCUT2D eigenvalue weighted by Crippen LogP contribution is 2.16. The Balaban J connectivity index is 1.82. The van der Waals surface area contributed by atoms with E-state index in [-0.39, 0.29) is 17.4 Å². The molecule has 0 saturated carbocycles. The lowest BCUT2D eigenvalue weighted by Crippen LogP contribution is -2.42. The Labute approximate surface area is 144 Å². The van der Waals surface area contributed by atoms with E-state index in [1.807, 2.05) is 13.8 Å². The highest BCUT2D eigenvalue weighted by molar-refractivity contribution is 5.81. The second-order valence-corrected chi connectivity index (χ2v) is 6.16. The zero-order valence-corrected chi connectivity index (χ0v) is 14.1. The van der Waals surface area contributed by atoms with Gasteiger partial charge >= 0.3 is 0 Å². The lowest BCUT2D eigenvalue weighted by Gasteiger charge is -2.21. The minimum atomic E-state index is -0.716. The number of hydrogen-bond acceptors (Lipinski definition) is 5. The Morgan fingerprint density at radius 1 is 1.32 bits per heavy atom. The molecule has 1 aromatic carbocycles. The van der Waals surface area contributed by atoms with Crippen molar-refractivity contribution in [1.29, 1.82) is 0 Å². The van der Waals surface area contributed by atoms with Crippen molar-refractivity contribution >= 4 is 16.8 Å². The van der Waals surface area contributed by atoms with Gasteiger partial charge in [-0.05, 0) is 18.1 Å². The molecule has 130 valence electrons. The molecule has 25 heavy (non-hydrogen) atoms. The molecule has 1 amide bonds. The normalized spacial score (nSPS) is 12.4. The number of fused-ring (bicyclic) bond motifs is 1. The Bertz CT molecular complexity index is 916. The topological polar surface area (TPSA) is 106 Å². The number of aromatic amines is 1. The number of hydrogen-bond donors (Lipinski definition) is 2. The maximum atomic E-state index is 12.7. The predicted octanol–water partition coefficient (Wildman–Crippen LogP) is 1.07. The Morgan fingerprint density at radius 2 is 2.12 bits per heavy atom. The molecule has 0 radical (unpaired) electrons. The van der Waals surface area contributed by atoms with E-state index in [2.05, 4.69) is 25.6 Å². The van der Waals surface area contributed by atoms with Crippen LogP contribution in [0.1, 0.15) is 25.6 Å². The summed E-state index contributed by atoms with van der Waals surface area (Å²) in [6, 6.07) is 6.26. The van der Waals surface area contributed by atoms with Crippen LogP contribution in [-0.4, -0.2) is 37.4 Å². The summed E-state index contributed by atoms with van der Waals surface area (Å²) >= 11 is 0. The fourth-order valence-corrected chi connectivity index (χ4v) is 2.73. The minimum absolute atomic E-state index is 0.111. The number of aromatic nitrogens is 5. The minimum Gasteiger partial charge on any atom is -0.354 e. The molecular formula is C17H20N6O2. The van der Waals surface area contributed by atoms with Gasteiger partial charge in [-0.25, -0.2) is 4.98 Å². The van der Waals surface area contributed by atoms with Gasteiger partial charge in [-0.15, -0.1) is 5.10 Å². The van der Waals surface area contributed by atoms with Gasteiger partial charge in [0.1, 0.15) is 11.6 Å². The lowest BCUT2D eigenvalue weighted by molar-refractivity contribution is -0.126. The van der Waals surface area contributed by atoms with Crippen LogP contribution in [0.25, 0.3) is 10.9 Å². The second-order valence-electron chi connectivity index (χ2n) is 6.16. The molecule has 1 unspecified atom stereocenters. The van der Waals surface area contributed by atoms with Gasteiger partial charge in [-0.1, -0.05) is 31.2 Å². The average molecular weight is 340 g/mol. The van der Waals surface area contributed by atoms with Crippen molar-refractivity contribution in [2.75, 3.05) is 6.54 Å². The van der Waals surface area contributed by atoms with E-state index in [9.17, 15) is 9.59 Å². The number of carbonyl (C=O) groups excluding carboxylic acids is 1. The quantitative estimate of drug-likeness (QED) is 0.698. The van der Waals surface area contributed by atoms with E-state index in [0.29, 0.717) is 23.9 Å². The number of nitrogens with one attached hydrogen (secondary N) is 2. The van der Waals surface area contributed by atoms with Crippen LogP contribution in [0.3, 0.4) is 0 Å². The first-order valence-corrected chi connectivity index (χ1v) is 8.17. The number of benzene rings is 1. The maximum absolute atomic E-state index is 12.7. The highest BCUT2D eigenvalue weighted by atomic mass is 16.2. The molecule has 1 atom stereocenters. The van der Waals surface area contributed by atoms with Crippen molar-refractivity contribution < 1.29 is 4.79 Å². The third kappa shape index (κ3) is 3.57. The van der Waals surface area contributed by atoms with E-state index < -0.39 is 6.04 Å². The van der Waals surface area contributed by atoms with E-state index in [4.69, 9.17) is 0 Å². The summed E-state index contributed by atoms with van der Waals surface area (Å²) in [5.41, 5.74) is 1.14. The van der Waals surface area contributed by atoms with Crippen molar-refractivity contribution in [3.8, 4) is 0 Å². The van der Waals surface area contributed by atoms with Gasteiger partial charge in [0.2, 0.25) is 5.91 Å². The third-order valence-corrected chi connectivity index (χ3v) is 4.00. The maximum Gasteiger partial charge on any atom is 0.278 e. The molecular weight excluding hydrogens is 320 g/mol. The molecule has 2 heterocycles. The molecule has 8 heteroatoms. The monoisotopic (exact) mass is 340 g/mol. The van der Waals surface area contributed by atoms with Crippen molar-refractivity contribution in [2.24, 2.45) is 5.92 Å². The highest BCUT2D eigenvalue weighted by Gasteiger charge is 2.27. The number of carbonyl (C=O) groups is 1. The van der Waals surface area contributed by atoms with Crippen LogP contribution in [0.4, 0.5) is 0 Å². The third-order valence-electron chi connectivity index (χ3n) is 4.00. The average Bonchev–Trinajstić information content (AvgIpc) is 3.10. The molecule has 0 fully saturated rings.